The lowest BCUT2D eigenvalue weighted by molar-refractivity contribution is -0.303. The number of rotatable bonds is 32. The summed E-state index contributed by atoms with van der Waals surface area (Å²) in [7, 11) is 0. The molecule has 0 aromatic heterocycles. The molecule has 0 saturated carbocycles. The molecule has 2 rings (SSSR count). The first-order chi connectivity index (χ1) is 26.0. The van der Waals surface area contributed by atoms with Gasteiger partial charge < -0.3 is 45.4 Å². The van der Waals surface area contributed by atoms with Crippen molar-refractivity contribution in [2.45, 2.75) is 229 Å². The van der Waals surface area contributed by atoms with Crippen molar-refractivity contribution < 1.29 is 53.3 Å². The Morgan fingerprint density at radius 1 is 0.704 bits per heavy atom. The van der Waals surface area contributed by atoms with Gasteiger partial charge in [-0.25, -0.2) is 0 Å². The highest BCUT2D eigenvalue weighted by atomic mass is 19.4. The molecule has 0 radical (unpaired) electrons. The number of aliphatic hydroxyl groups excluding tert-OH is 6. The third-order valence-electron chi connectivity index (χ3n) is 11.6. The molecule has 0 aliphatic carbocycles. The molecule has 5 unspecified atom stereocenters. The molecule has 13 heteroatoms. The van der Waals surface area contributed by atoms with Crippen molar-refractivity contribution in [2.24, 2.45) is 5.92 Å². The van der Waals surface area contributed by atoms with Gasteiger partial charge in [0.25, 0.3) is 0 Å². The van der Waals surface area contributed by atoms with Gasteiger partial charge in [0, 0.05) is 0 Å². The number of ether oxygens (including phenoxy) is 2. The van der Waals surface area contributed by atoms with Crippen molar-refractivity contribution in [2.75, 3.05) is 26.3 Å². The quantitative estimate of drug-likeness (QED) is 0.0358. The van der Waals surface area contributed by atoms with Crippen molar-refractivity contribution in [3.63, 3.8) is 0 Å². The van der Waals surface area contributed by atoms with E-state index >= 15 is 0 Å². The minimum atomic E-state index is -4.63. The molecule has 0 aromatic carbocycles. The molecule has 2 aliphatic rings. The van der Waals surface area contributed by atoms with E-state index in [0.29, 0.717) is 19.3 Å². The van der Waals surface area contributed by atoms with Crippen molar-refractivity contribution in [1.29, 1.82) is 0 Å². The summed E-state index contributed by atoms with van der Waals surface area (Å²) in [5, 5.41) is 68.2. The second-order valence-electron chi connectivity index (χ2n) is 16.2. The van der Waals surface area contributed by atoms with Gasteiger partial charge in [-0.2, -0.15) is 13.2 Å². The molecule has 0 amide bonds. The lowest BCUT2D eigenvalue weighted by Gasteiger charge is -2.40. The van der Waals surface area contributed by atoms with Gasteiger partial charge in [0.15, 0.2) is 6.29 Å². The van der Waals surface area contributed by atoms with Crippen LogP contribution in [0.4, 0.5) is 13.2 Å². The van der Waals surface area contributed by atoms with Gasteiger partial charge in [-0.1, -0.05) is 142 Å². The molecule has 9 atom stereocenters. The van der Waals surface area contributed by atoms with E-state index in [1.165, 1.54) is 77.0 Å². The molecule has 2 aliphatic heterocycles. The smallest absolute Gasteiger partial charge is 0.394 e. The second-order valence-corrected chi connectivity index (χ2v) is 16.2. The Morgan fingerprint density at radius 3 is 1.72 bits per heavy atom. The van der Waals surface area contributed by atoms with Crippen LogP contribution < -0.4 is 10.6 Å². The van der Waals surface area contributed by atoms with E-state index in [-0.39, 0.29) is 12.8 Å². The van der Waals surface area contributed by atoms with Gasteiger partial charge in [0.2, 0.25) is 0 Å². The monoisotopic (exact) mass is 785 g/mol. The second kappa shape index (κ2) is 29.6. The molecule has 2 heterocycles. The number of unbranched alkanes of at least 4 members (excludes halogenated alkanes) is 18. The maximum absolute atomic E-state index is 14.3. The van der Waals surface area contributed by atoms with Crippen LogP contribution in [0.2, 0.25) is 0 Å². The van der Waals surface area contributed by atoms with Crippen LogP contribution in [0.25, 0.3) is 0 Å². The fourth-order valence-electron chi connectivity index (χ4n) is 7.89. The summed E-state index contributed by atoms with van der Waals surface area (Å²) in [6, 6.07) is -3.36. The van der Waals surface area contributed by atoms with Crippen LogP contribution in [0, 0.1) is 5.92 Å². The van der Waals surface area contributed by atoms with Crippen molar-refractivity contribution in [3.05, 3.63) is 0 Å². The molecular formula is C41H79F3N2O8. The zero-order chi connectivity index (χ0) is 39.6. The van der Waals surface area contributed by atoms with Crippen LogP contribution in [-0.4, -0.2) is 118 Å². The fourth-order valence-corrected chi connectivity index (χ4v) is 7.89. The Bertz CT molecular complexity index is 886. The molecular weight excluding hydrogens is 705 g/mol. The largest absolute Gasteiger partial charge is 0.403 e. The van der Waals surface area contributed by atoms with Gasteiger partial charge in [-0.3, -0.25) is 5.32 Å². The summed E-state index contributed by atoms with van der Waals surface area (Å²) in [6.07, 6.45) is 9.27. The van der Waals surface area contributed by atoms with Gasteiger partial charge in [-0.15, -0.1) is 0 Å². The van der Waals surface area contributed by atoms with Gasteiger partial charge >= 0.3 is 6.18 Å². The van der Waals surface area contributed by atoms with E-state index in [0.717, 1.165) is 70.4 Å². The highest BCUT2D eigenvalue weighted by Crippen LogP contribution is 2.28. The standard InChI is InChI=1S/C41H79F3N2O8/c1-2-3-4-5-6-7-8-9-10-14-17-20-23-33(48)36(49)32(30-53-40-39(52)38(51)37(50)34(29-47)54-40)46-35(41(42,43)44)24-21-18-15-12-11-13-16-19-22-31-25-27-45-28-26-31/h31-40,45-52H,2-30H2,1H3/t32-,33+,34?,35-,36-,37?,38?,39?,40?/m0/s1. The van der Waals surface area contributed by atoms with E-state index < -0.39 is 74.4 Å². The average Bonchev–Trinajstić information content (AvgIpc) is 3.16. The van der Waals surface area contributed by atoms with Gasteiger partial charge in [0.05, 0.1) is 31.5 Å². The van der Waals surface area contributed by atoms with Crippen molar-refractivity contribution in [3.8, 4) is 0 Å². The summed E-state index contributed by atoms with van der Waals surface area (Å²) < 4.78 is 54.0. The molecule has 0 spiro atoms. The first-order valence-electron chi connectivity index (χ1n) is 21.8. The summed E-state index contributed by atoms with van der Waals surface area (Å²) in [4.78, 5) is 0. The molecule has 54 heavy (non-hydrogen) atoms. The molecule has 2 fully saturated rings. The Morgan fingerprint density at radius 2 is 1.20 bits per heavy atom. The minimum absolute atomic E-state index is 0.200. The van der Waals surface area contributed by atoms with Crippen molar-refractivity contribution >= 4 is 0 Å². The van der Waals surface area contributed by atoms with Crippen LogP contribution in [-0.2, 0) is 9.47 Å². The Hall–Kier alpha value is -0.610. The third kappa shape index (κ3) is 20.7. The first kappa shape index (κ1) is 49.5. The Balaban J connectivity index is 1.84. The number of aliphatic hydroxyl groups is 6. The van der Waals surface area contributed by atoms with Gasteiger partial charge in [0.1, 0.15) is 30.5 Å². The van der Waals surface area contributed by atoms with Crippen LogP contribution in [0.15, 0.2) is 0 Å². The maximum Gasteiger partial charge on any atom is 0.403 e. The van der Waals surface area contributed by atoms with Crippen LogP contribution >= 0.6 is 0 Å². The normalized spacial score (nSPS) is 25.1. The number of hydrogen-bond acceptors (Lipinski definition) is 10. The topological polar surface area (TPSA) is 164 Å². The molecule has 0 aromatic rings. The van der Waals surface area contributed by atoms with Crippen LogP contribution in [0.5, 0.6) is 0 Å². The summed E-state index contributed by atoms with van der Waals surface area (Å²) >= 11 is 0. The zero-order valence-electron chi connectivity index (χ0n) is 33.4. The predicted molar refractivity (Wildman–Crippen MR) is 206 cm³/mol. The summed E-state index contributed by atoms with van der Waals surface area (Å²) in [5.74, 6) is 0.837. The van der Waals surface area contributed by atoms with E-state index in [1.807, 2.05) is 0 Å². The number of alkyl halides is 3. The zero-order valence-corrected chi connectivity index (χ0v) is 33.4. The first-order valence-corrected chi connectivity index (χ1v) is 21.8. The summed E-state index contributed by atoms with van der Waals surface area (Å²) in [6.45, 7) is 3.16. The number of nitrogens with one attached hydrogen (secondary N) is 2. The molecule has 10 nitrogen and oxygen atoms in total. The lowest BCUT2D eigenvalue weighted by Crippen LogP contribution is -2.61. The molecule has 2 saturated heterocycles. The average molecular weight is 785 g/mol. The van der Waals surface area contributed by atoms with E-state index in [4.69, 9.17) is 9.47 Å². The van der Waals surface area contributed by atoms with Crippen LogP contribution in [0.1, 0.15) is 167 Å². The van der Waals surface area contributed by atoms with Crippen molar-refractivity contribution in [1.82, 2.24) is 10.6 Å². The molecule has 8 N–H and O–H groups in total. The fraction of sp³-hybridized carbons (Fsp3) is 1.00. The summed E-state index contributed by atoms with van der Waals surface area (Å²) in [5.41, 5.74) is 0. The molecule has 322 valence electrons. The van der Waals surface area contributed by atoms with Gasteiger partial charge in [-0.05, 0) is 44.7 Å². The minimum Gasteiger partial charge on any atom is -0.394 e. The predicted octanol–water partition coefficient (Wildman–Crippen LogP) is 6.41. The Labute approximate surface area is 324 Å². The third-order valence-corrected chi connectivity index (χ3v) is 11.6. The lowest BCUT2D eigenvalue weighted by atomic mass is 9.92. The Kier molecular flexibility index (Phi) is 27.1. The number of halogens is 3. The SMILES string of the molecule is CCCCCCCCCCCCCC[C@@H](O)[C@@H](O)[C@H](COC1OC(CO)C(O)C(O)C1O)N[C@@H](CCCCCCCCCCC1CCNCC1)C(F)(F)F. The highest BCUT2D eigenvalue weighted by molar-refractivity contribution is 4.91. The van der Waals surface area contributed by atoms with E-state index in [2.05, 4.69) is 17.6 Å². The van der Waals surface area contributed by atoms with E-state index in [1.54, 1.807) is 0 Å². The maximum atomic E-state index is 14.3. The van der Waals surface area contributed by atoms with E-state index in [9.17, 15) is 43.8 Å². The highest BCUT2D eigenvalue weighted by Gasteiger charge is 2.46. The van der Waals surface area contributed by atoms with Crippen LogP contribution in [0.3, 0.4) is 0 Å². The number of piperidine rings is 1. The molecule has 0 bridgehead atoms. The number of hydrogen-bond donors (Lipinski definition) is 8.